The Morgan fingerprint density at radius 2 is 1.90 bits per heavy atom. The smallest absolute Gasteiger partial charge is 0.256 e. The number of aromatic nitrogens is 3. The third kappa shape index (κ3) is 3.64. The van der Waals surface area contributed by atoms with Gasteiger partial charge in [-0.3, -0.25) is 9.20 Å². The largest absolute Gasteiger partial charge is 0.383 e. The van der Waals surface area contributed by atoms with Crippen LogP contribution in [-0.2, 0) is 4.74 Å². The number of amides is 1. The van der Waals surface area contributed by atoms with Crippen LogP contribution in [0.1, 0.15) is 21.5 Å². The van der Waals surface area contributed by atoms with Gasteiger partial charge in [-0.15, -0.1) is 0 Å². The summed E-state index contributed by atoms with van der Waals surface area (Å²) in [5.41, 5.74) is 5.26. The first-order valence-electron chi connectivity index (χ1n) is 9.46. The monoisotopic (exact) mass is 389 g/mol. The van der Waals surface area contributed by atoms with E-state index in [0.717, 1.165) is 22.2 Å². The molecule has 2 aromatic heterocycles. The van der Waals surface area contributed by atoms with Crippen molar-refractivity contribution in [3.63, 3.8) is 0 Å². The molecule has 0 unspecified atom stereocenters. The summed E-state index contributed by atoms with van der Waals surface area (Å²) in [6.45, 7) is 5.28. The molecule has 1 amide bonds. The second-order valence-corrected chi connectivity index (χ2v) is 6.93. The number of hydrogen-bond acceptors (Lipinski definition) is 5. The van der Waals surface area contributed by atoms with E-state index in [9.17, 15) is 4.79 Å². The Balaban J connectivity index is 1.85. The number of hydrogen-bond donors (Lipinski definition) is 2. The van der Waals surface area contributed by atoms with Crippen LogP contribution >= 0.6 is 0 Å². The summed E-state index contributed by atoms with van der Waals surface area (Å²) in [5, 5.41) is 6.26. The molecule has 148 valence electrons. The Hall–Kier alpha value is -3.45. The van der Waals surface area contributed by atoms with Crippen molar-refractivity contribution in [3.8, 4) is 0 Å². The van der Waals surface area contributed by atoms with Gasteiger partial charge in [0.25, 0.3) is 5.91 Å². The van der Waals surface area contributed by atoms with E-state index >= 15 is 0 Å². The zero-order valence-electron chi connectivity index (χ0n) is 16.7. The van der Waals surface area contributed by atoms with E-state index in [1.807, 2.05) is 22.6 Å². The number of aryl methyl sites for hydroxylation is 2. The highest BCUT2D eigenvalue weighted by molar-refractivity contribution is 6.04. The van der Waals surface area contributed by atoms with Gasteiger partial charge in [0, 0.05) is 19.2 Å². The Kier molecular flexibility index (Phi) is 5.14. The lowest BCUT2D eigenvalue weighted by Gasteiger charge is -2.13. The second-order valence-electron chi connectivity index (χ2n) is 6.93. The lowest BCUT2D eigenvalue weighted by atomic mass is 10.1. The third-order valence-corrected chi connectivity index (χ3v) is 4.91. The van der Waals surface area contributed by atoms with E-state index in [1.54, 1.807) is 25.4 Å². The highest BCUT2D eigenvalue weighted by Gasteiger charge is 2.16. The fourth-order valence-corrected chi connectivity index (χ4v) is 3.24. The van der Waals surface area contributed by atoms with Gasteiger partial charge in [0.2, 0.25) is 0 Å². The Bertz CT molecular complexity index is 1180. The van der Waals surface area contributed by atoms with Crippen molar-refractivity contribution in [3.05, 3.63) is 65.4 Å². The molecule has 0 spiro atoms. The molecular formula is C22H23N5O2. The second kappa shape index (κ2) is 7.89. The first kappa shape index (κ1) is 18.9. The molecule has 0 atom stereocenters. The van der Waals surface area contributed by atoms with Gasteiger partial charge < -0.3 is 15.4 Å². The maximum atomic E-state index is 12.7. The molecule has 0 bridgehead atoms. The number of rotatable bonds is 6. The molecule has 0 aliphatic rings. The number of anilines is 2. The standard InChI is InChI=1S/C22H23N5O2/c1-14-11-17-18(12-15(14)2)27-19(26-22(28)16-7-5-4-6-8-16)13-24-21(27)20(25-17)23-9-10-29-3/h4-8,11-13H,9-10H2,1-3H3,(H,23,25)(H,26,28). The average Bonchev–Trinajstić information content (AvgIpc) is 3.14. The number of carbonyl (C=O) groups is 1. The van der Waals surface area contributed by atoms with Gasteiger partial charge in [-0.05, 0) is 49.2 Å². The average molecular weight is 389 g/mol. The van der Waals surface area contributed by atoms with Crippen LogP contribution in [0.5, 0.6) is 0 Å². The van der Waals surface area contributed by atoms with Crippen LogP contribution in [-0.4, -0.2) is 40.5 Å². The molecule has 2 aromatic carbocycles. The summed E-state index contributed by atoms with van der Waals surface area (Å²) in [6, 6.07) is 13.2. The normalized spacial score (nSPS) is 11.1. The third-order valence-electron chi connectivity index (χ3n) is 4.91. The van der Waals surface area contributed by atoms with Crippen LogP contribution in [0.3, 0.4) is 0 Å². The van der Waals surface area contributed by atoms with Crippen LogP contribution in [0.2, 0.25) is 0 Å². The van der Waals surface area contributed by atoms with E-state index in [2.05, 4.69) is 41.6 Å². The summed E-state index contributed by atoms with van der Waals surface area (Å²) in [4.78, 5) is 22.0. The van der Waals surface area contributed by atoms with Crippen molar-refractivity contribution in [2.75, 3.05) is 30.9 Å². The number of ether oxygens (including phenoxy) is 1. The molecule has 0 aliphatic carbocycles. The van der Waals surface area contributed by atoms with Crippen LogP contribution < -0.4 is 10.6 Å². The van der Waals surface area contributed by atoms with Crippen molar-refractivity contribution < 1.29 is 9.53 Å². The SMILES string of the molecule is COCCNc1nc2cc(C)c(C)cc2n2c(NC(=O)c3ccccc3)cnc12. The number of fused-ring (bicyclic) bond motifs is 3. The number of methoxy groups -OCH3 is 1. The predicted molar refractivity (Wildman–Crippen MR) is 115 cm³/mol. The van der Waals surface area contributed by atoms with Gasteiger partial charge >= 0.3 is 0 Å². The molecule has 4 aromatic rings. The summed E-state index contributed by atoms with van der Waals surface area (Å²) in [7, 11) is 1.66. The minimum atomic E-state index is -0.185. The van der Waals surface area contributed by atoms with E-state index in [1.165, 1.54) is 0 Å². The molecule has 7 heteroatoms. The van der Waals surface area contributed by atoms with E-state index in [4.69, 9.17) is 9.72 Å². The van der Waals surface area contributed by atoms with Crippen LogP contribution in [0.4, 0.5) is 11.6 Å². The van der Waals surface area contributed by atoms with Crippen LogP contribution in [0.25, 0.3) is 16.7 Å². The molecule has 7 nitrogen and oxygen atoms in total. The molecular weight excluding hydrogens is 366 g/mol. The lowest BCUT2D eigenvalue weighted by Crippen LogP contribution is -2.14. The predicted octanol–water partition coefficient (Wildman–Crippen LogP) is 3.81. The van der Waals surface area contributed by atoms with Gasteiger partial charge in [-0.2, -0.15) is 0 Å². The summed E-state index contributed by atoms with van der Waals surface area (Å²) in [6.07, 6.45) is 1.66. The lowest BCUT2D eigenvalue weighted by molar-refractivity contribution is 0.102. The fraction of sp³-hybridized carbons (Fsp3) is 0.227. The van der Waals surface area contributed by atoms with Crippen molar-refractivity contribution in [2.24, 2.45) is 0 Å². The van der Waals surface area contributed by atoms with E-state index in [-0.39, 0.29) is 5.91 Å². The summed E-state index contributed by atoms with van der Waals surface area (Å²) in [5.74, 6) is 1.06. The molecule has 2 N–H and O–H groups in total. The number of imidazole rings is 1. The Morgan fingerprint density at radius 3 is 2.66 bits per heavy atom. The Morgan fingerprint density at radius 1 is 1.14 bits per heavy atom. The minimum absolute atomic E-state index is 0.185. The molecule has 0 aliphatic heterocycles. The fourth-order valence-electron chi connectivity index (χ4n) is 3.24. The molecule has 0 saturated heterocycles. The van der Waals surface area contributed by atoms with Crippen molar-refractivity contribution in [1.29, 1.82) is 0 Å². The summed E-state index contributed by atoms with van der Waals surface area (Å²) < 4.78 is 7.07. The van der Waals surface area contributed by atoms with Crippen molar-refractivity contribution in [1.82, 2.24) is 14.4 Å². The minimum Gasteiger partial charge on any atom is -0.383 e. The van der Waals surface area contributed by atoms with Gasteiger partial charge in [0.05, 0.1) is 23.8 Å². The highest BCUT2D eigenvalue weighted by Crippen LogP contribution is 2.27. The van der Waals surface area contributed by atoms with Gasteiger partial charge in [-0.25, -0.2) is 9.97 Å². The zero-order chi connectivity index (χ0) is 20.4. The van der Waals surface area contributed by atoms with Gasteiger partial charge in [-0.1, -0.05) is 18.2 Å². The maximum absolute atomic E-state index is 12.7. The first-order chi connectivity index (χ1) is 14.1. The molecule has 2 heterocycles. The number of nitrogens with zero attached hydrogens (tertiary/aromatic N) is 3. The van der Waals surface area contributed by atoms with E-state index in [0.29, 0.717) is 36.0 Å². The molecule has 0 fully saturated rings. The van der Waals surface area contributed by atoms with Crippen LogP contribution in [0, 0.1) is 13.8 Å². The number of nitrogens with one attached hydrogen (secondary N) is 2. The first-order valence-corrected chi connectivity index (χ1v) is 9.46. The quantitative estimate of drug-likeness (QED) is 0.490. The highest BCUT2D eigenvalue weighted by atomic mass is 16.5. The number of benzene rings is 2. The molecule has 0 saturated carbocycles. The van der Waals surface area contributed by atoms with Crippen LogP contribution in [0.15, 0.2) is 48.7 Å². The van der Waals surface area contributed by atoms with Crippen molar-refractivity contribution >= 4 is 34.2 Å². The molecule has 0 radical (unpaired) electrons. The van der Waals surface area contributed by atoms with Crippen molar-refractivity contribution in [2.45, 2.75) is 13.8 Å². The van der Waals surface area contributed by atoms with E-state index < -0.39 is 0 Å². The topological polar surface area (TPSA) is 80.5 Å². The maximum Gasteiger partial charge on any atom is 0.256 e. The van der Waals surface area contributed by atoms with Gasteiger partial charge in [0.1, 0.15) is 5.82 Å². The summed E-state index contributed by atoms with van der Waals surface area (Å²) >= 11 is 0. The molecule has 4 rings (SSSR count). The Labute approximate surface area is 168 Å². The van der Waals surface area contributed by atoms with Gasteiger partial charge in [0.15, 0.2) is 11.5 Å². The number of carbonyl (C=O) groups excluding carboxylic acids is 1. The zero-order valence-corrected chi connectivity index (χ0v) is 16.7. The molecule has 29 heavy (non-hydrogen) atoms.